The summed E-state index contributed by atoms with van der Waals surface area (Å²) in [4.78, 5) is 32.9. The number of nitrogens with zero attached hydrogens (tertiary/aromatic N) is 3. The summed E-state index contributed by atoms with van der Waals surface area (Å²) in [6.45, 7) is 2.41. The lowest BCUT2D eigenvalue weighted by molar-refractivity contribution is -0.144. The van der Waals surface area contributed by atoms with Crippen LogP contribution in [0, 0.1) is 5.92 Å². The topological polar surface area (TPSA) is 73.7 Å². The number of carbonyl (C=O) groups excluding carboxylic acids is 2. The van der Waals surface area contributed by atoms with Crippen molar-refractivity contribution in [1.29, 1.82) is 0 Å². The lowest BCUT2D eigenvalue weighted by atomic mass is 9.83. The average Bonchev–Trinajstić information content (AvgIpc) is 2.68. The fourth-order valence-corrected chi connectivity index (χ4v) is 4.22. The molecule has 0 radical (unpaired) electrons. The number of hydrogen-bond acceptors (Lipinski definition) is 4. The highest BCUT2D eigenvalue weighted by molar-refractivity contribution is 5.78. The third-order valence-corrected chi connectivity index (χ3v) is 5.68. The predicted octanol–water partition coefficient (Wildman–Crippen LogP) is 1.63. The van der Waals surface area contributed by atoms with E-state index < -0.39 is 0 Å². The van der Waals surface area contributed by atoms with Gasteiger partial charge in [-0.2, -0.15) is 0 Å². The van der Waals surface area contributed by atoms with Gasteiger partial charge in [-0.1, -0.05) is 0 Å². The third-order valence-electron chi connectivity index (χ3n) is 5.68. The van der Waals surface area contributed by atoms with Gasteiger partial charge in [0.2, 0.25) is 11.8 Å². The van der Waals surface area contributed by atoms with Gasteiger partial charge in [0, 0.05) is 57.5 Å². The van der Waals surface area contributed by atoms with Crippen molar-refractivity contribution in [3.05, 3.63) is 30.1 Å². The van der Waals surface area contributed by atoms with Crippen LogP contribution in [0.15, 0.2) is 24.5 Å². The van der Waals surface area contributed by atoms with Crippen molar-refractivity contribution in [2.45, 2.75) is 51.0 Å². The molecule has 2 atom stereocenters. The highest BCUT2D eigenvalue weighted by atomic mass is 16.3. The maximum Gasteiger partial charge on any atom is 0.222 e. The monoisotopic (exact) mass is 359 g/mol. The standard InChI is InChI=1S/C20H29N3O3/c24-14-2-1-12-23-18-9-13-22(15-17(18)4-6-20(23)26)19(25)5-3-16-7-10-21-11-8-16/h7-8,10-11,17-18,24H,1-6,9,12-15H2/t17-,18+/m0/s1. The number of piperidine rings is 2. The molecule has 1 N–H and O–H groups in total. The number of likely N-dealkylation sites (tertiary alicyclic amines) is 2. The second-order valence-electron chi connectivity index (χ2n) is 7.37. The second-order valence-corrected chi connectivity index (χ2v) is 7.37. The summed E-state index contributed by atoms with van der Waals surface area (Å²) in [6.07, 6.45) is 8.72. The zero-order valence-electron chi connectivity index (χ0n) is 15.3. The number of amides is 2. The van der Waals surface area contributed by atoms with Crippen molar-refractivity contribution in [2.75, 3.05) is 26.2 Å². The Bertz CT molecular complexity index is 608. The molecule has 0 spiro atoms. The van der Waals surface area contributed by atoms with E-state index in [1.165, 1.54) is 0 Å². The van der Waals surface area contributed by atoms with Crippen LogP contribution >= 0.6 is 0 Å². The van der Waals surface area contributed by atoms with E-state index in [0.717, 1.165) is 57.3 Å². The van der Waals surface area contributed by atoms with Crippen molar-refractivity contribution >= 4 is 11.8 Å². The van der Waals surface area contributed by atoms with E-state index in [0.29, 0.717) is 18.8 Å². The van der Waals surface area contributed by atoms with E-state index in [2.05, 4.69) is 4.98 Å². The Balaban J connectivity index is 1.52. The molecule has 1 aromatic rings. The molecule has 0 unspecified atom stereocenters. The largest absolute Gasteiger partial charge is 0.396 e. The number of rotatable bonds is 7. The highest BCUT2D eigenvalue weighted by Crippen LogP contribution is 2.31. The number of fused-ring (bicyclic) bond motifs is 1. The van der Waals surface area contributed by atoms with Gasteiger partial charge in [-0.15, -0.1) is 0 Å². The molecule has 0 saturated carbocycles. The van der Waals surface area contributed by atoms with Crippen LogP contribution in [0.3, 0.4) is 0 Å². The number of unbranched alkanes of at least 4 members (excludes halogenated alkanes) is 1. The van der Waals surface area contributed by atoms with Crippen LogP contribution in [0.1, 0.15) is 44.1 Å². The number of pyridine rings is 1. The fraction of sp³-hybridized carbons (Fsp3) is 0.650. The van der Waals surface area contributed by atoms with Gasteiger partial charge < -0.3 is 14.9 Å². The minimum atomic E-state index is 0.176. The minimum absolute atomic E-state index is 0.176. The van der Waals surface area contributed by atoms with Gasteiger partial charge in [-0.3, -0.25) is 14.6 Å². The minimum Gasteiger partial charge on any atom is -0.396 e. The maximum atomic E-state index is 12.6. The number of carbonyl (C=O) groups is 2. The molecule has 3 heterocycles. The molecule has 0 aromatic carbocycles. The first-order valence-electron chi connectivity index (χ1n) is 9.76. The van der Waals surface area contributed by atoms with Crippen LogP contribution in [0.25, 0.3) is 0 Å². The summed E-state index contributed by atoms with van der Waals surface area (Å²) in [5.41, 5.74) is 1.14. The van der Waals surface area contributed by atoms with Crippen LogP contribution in [0.5, 0.6) is 0 Å². The molecule has 142 valence electrons. The Morgan fingerprint density at radius 3 is 2.81 bits per heavy atom. The molecule has 2 aliphatic rings. The quantitative estimate of drug-likeness (QED) is 0.751. The molecule has 6 nitrogen and oxygen atoms in total. The van der Waals surface area contributed by atoms with E-state index in [1.807, 2.05) is 21.9 Å². The summed E-state index contributed by atoms with van der Waals surface area (Å²) in [5.74, 6) is 0.839. The summed E-state index contributed by atoms with van der Waals surface area (Å²) in [6, 6.07) is 4.17. The smallest absolute Gasteiger partial charge is 0.222 e. The van der Waals surface area contributed by atoms with E-state index >= 15 is 0 Å². The Hall–Kier alpha value is -1.95. The molecule has 26 heavy (non-hydrogen) atoms. The number of aryl methyl sites for hydroxylation is 1. The molecule has 6 heteroatoms. The lowest BCUT2D eigenvalue weighted by Crippen LogP contribution is -2.57. The molecule has 2 aliphatic heterocycles. The molecule has 2 amide bonds. The van der Waals surface area contributed by atoms with E-state index in [-0.39, 0.29) is 24.5 Å². The van der Waals surface area contributed by atoms with Crippen molar-refractivity contribution in [3.8, 4) is 0 Å². The van der Waals surface area contributed by atoms with Gasteiger partial charge in [0.05, 0.1) is 0 Å². The van der Waals surface area contributed by atoms with Crippen LogP contribution in [0.2, 0.25) is 0 Å². The summed E-state index contributed by atoms with van der Waals surface area (Å²) in [7, 11) is 0. The Morgan fingerprint density at radius 1 is 1.23 bits per heavy atom. The molecule has 2 fully saturated rings. The number of aliphatic hydroxyl groups is 1. The van der Waals surface area contributed by atoms with Gasteiger partial charge in [0.15, 0.2) is 0 Å². The summed E-state index contributed by atoms with van der Waals surface area (Å²) in [5, 5.41) is 8.97. The van der Waals surface area contributed by atoms with Crippen LogP contribution in [0.4, 0.5) is 0 Å². The van der Waals surface area contributed by atoms with E-state index in [4.69, 9.17) is 5.11 Å². The summed E-state index contributed by atoms with van der Waals surface area (Å²) >= 11 is 0. The Morgan fingerprint density at radius 2 is 2.04 bits per heavy atom. The van der Waals surface area contributed by atoms with Crippen molar-refractivity contribution < 1.29 is 14.7 Å². The molecule has 3 rings (SSSR count). The molecule has 0 bridgehead atoms. The normalized spacial score (nSPS) is 23.0. The van der Waals surface area contributed by atoms with Crippen LogP contribution < -0.4 is 0 Å². The van der Waals surface area contributed by atoms with Gasteiger partial charge >= 0.3 is 0 Å². The Kier molecular flexibility index (Phi) is 6.61. The Labute approximate surface area is 155 Å². The zero-order chi connectivity index (χ0) is 18.4. The molecular formula is C20H29N3O3. The van der Waals surface area contributed by atoms with Gasteiger partial charge in [-0.25, -0.2) is 0 Å². The number of aliphatic hydroxyl groups excluding tert-OH is 1. The fourth-order valence-electron chi connectivity index (χ4n) is 4.22. The lowest BCUT2D eigenvalue weighted by Gasteiger charge is -2.47. The first-order chi connectivity index (χ1) is 12.7. The average molecular weight is 359 g/mol. The third kappa shape index (κ3) is 4.61. The number of hydrogen-bond donors (Lipinski definition) is 1. The molecular weight excluding hydrogens is 330 g/mol. The van der Waals surface area contributed by atoms with Crippen molar-refractivity contribution in [1.82, 2.24) is 14.8 Å². The maximum absolute atomic E-state index is 12.6. The second kappa shape index (κ2) is 9.12. The number of aromatic nitrogens is 1. The van der Waals surface area contributed by atoms with Crippen molar-refractivity contribution in [2.24, 2.45) is 5.92 Å². The predicted molar refractivity (Wildman–Crippen MR) is 98.3 cm³/mol. The van der Waals surface area contributed by atoms with Gasteiger partial charge in [0.1, 0.15) is 0 Å². The van der Waals surface area contributed by atoms with E-state index in [9.17, 15) is 9.59 Å². The molecule has 2 saturated heterocycles. The van der Waals surface area contributed by atoms with Crippen molar-refractivity contribution in [3.63, 3.8) is 0 Å². The first kappa shape index (κ1) is 18.8. The first-order valence-corrected chi connectivity index (χ1v) is 9.76. The summed E-state index contributed by atoms with van der Waals surface area (Å²) < 4.78 is 0. The SMILES string of the molecule is O=C(CCc1ccncc1)N1CC[C@@H]2[C@@H](CCC(=O)N2CCCCO)C1. The van der Waals surface area contributed by atoms with Gasteiger partial charge in [0.25, 0.3) is 0 Å². The van der Waals surface area contributed by atoms with Crippen LogP contribution in [-0.2, 0) is 16.0 Å². The van der Waals surface area contributed by atoms with Gasteiger partial charge in [-0.05, 0) is 55.7 Å². The highest BCUT2D eigenvalue weighted by Gasteiger charge is 2.39. The zero-order valence-corrected chi connectivity index (χ0v) is 15.3. The molecule has 0 aliphatic carbocycles. The van der Waals surface area contributed by atoms with E-state index in [1.54, 1.807) is 12.4 Å². The molecule has 1 aromatic heterocycles. The van der Waals surface area contributed by atoms with Crippen LogP contribution in [-0.4, -0.2) is 64.0 Å².